The summed E-state index contributed by atoms with van der Waals surface area (Å²) in [7, 11) is 1.39. The predicted octanol–water partition coefficient (Wildman–Crippen LogP) is 4.32. The molecule has 144 valence electrons. The Morgan fingerprint density at radius 2 is 1.85 bits per heavy atom. The lowest BCUT2D eigenvalue weighted by Crippen LogP contribution is -2.30. The molecule has 0 aliphatic carbocycles. The number of carbonyl (C=O) groups excluding carboxylic acids is 1. The fourth-order valence-corrected chi connectivity index (χ4v) is 6.41. The summed E-state index contributed by atoms with van der Waals surface area (Å²) in [5, 5.41) is 9.74. The van der Waals surface area contributed by atoms with Crippen molar-refractivity contribution in [2.75, 3.05) is 24.3 Å². The molecule has 0 saturated carbocycles. The van der Waals surface area contributed by atoms with Crippen LogP contribution in [-0.4, -0.2) is 52.7 Å². The van der Waals surface area contributed by atoms with Crippen LogP contribution < -0.4 is 0 Å². The number of benzene rings is 1. The summed E-state index contributed by atoms with van der Waals surface area (Å²) in [6, 6.07) is 10.6. The molecule has 4 nitrogen and oxygen atoms in total. The van der Waals surface area contributed by atoms with E-state index in [1.807, 2.05) is 23.5 Å². The van der Waals surface area contributed by atoms with Gasteiger partial charge in [0.1, 0.15) is 0 Å². The molecule has 1 amide bonds. The maximum atomic E-state index is 11.4. The first kappa shape index (κ1) is 20.1. The maximum Gasteiger partial charge on any atom is 0.245 e. The SMILES string of the molecule is CN(O)C(=O)CCCCSCC1C2CCC(O2)C1CSc1ccccc1. The molecular formula is C20H29NO3S2. The van der Waals surface area contributed by atoms with E-state index in [2.05, 4.69) is 30.3 Å². The lowest BCUT2D eigenvalue weighted by Gasteiger charge is -2.27. The summed E-state index contributed by atoms with van der Waals surface area (Å²) in [5.74, 6) is 4.52. The number of fused-ring (bicyclic) bond motifs is 2. The van der Waals surface area contributed by atoms with Gasteiger partial charge in [-0.25, -0.2) is 5.06 Å². The molecule has 3 rings (SSSR count). The highest BCUT2D eigenvalue weighted by Gasteiger charge is 2.48. The lowest BCUT2D eigenvalue weighted by atomic mass is 9.81. The second kappa shape index (κ2) is 10.0. The zero-order valence-electron chi connectivity index (χ0n) is 15.4. The third kappa shape index (κ3) is 5.41. The monoisotopic (exact) mass is 395 g/mol. The second-order valence-electron chi connectivity index (χ2n) is 7.19. The highest BCUT2D eigenvalue weighted by atomic mass is 32.2. The van der Waals surface area contributed by atoms with Crippen molar-refractivity contribution in [2.45, 2.75) is 49.2 Å². The van der Waals surface area contributed by atoms with Crippen LogP contribution >= 0.6 is 23.5 Å². The van der Waals surface area contributed by atoms with Gasteiger partial charge >= 0.3 is 0 Å². The summed E-state index contributed by atoms with van der Waals surface area (Å²) in [6.07, 6.45) is 5.66. The largest absolute Gasteiger partial charge is 0.374 e. The van der Waals surface area contributed by atoms with Gasteiger partial charge in [-0.3, -0.25) is 10.0 Å². The molecule has 2 aliphatic heterocycles. The molecule has 1 aromatic carbocycles. The van der Waals surface area contributed by atoms with Crippen molar-refractivity contribution in [2.24, 2.45) is 11.8 Å². The van der Waals surface area contributed by atoms with Crippen molar-refractivity contribution in [3.8, 4) is 0 Å². The van der Waals surface area contributed by atoms with E-state index in [9.17, 15) is 4.79 Å². The van der Waals surface area contributed by atoms with Crippen LogP contribution in [0, 0.1) is 11.8 Å². The van der Waals surface area contributed by atoms with E-state index in [0.29, 0.717) is 35.5 Å². The minimum Gasteiger partial charge on any atom is -0.374 e. The first-order chi connectivity index (χ1) is 12.6. The summed E-state index contributed by atoms with van der Waals surface area (Å²) in [5.41, 5.74) is 0. The molecule has 26 heavy (non-hydrogen) atoms. The molecule has 6 heteroatoms. The standard InChI is InChI=1S/C20H29NO3S2/c1-21(23)20(22)9-5-6-12-25-13-16-17(19-11-10-18(16)24-19)14-26-15-7-3-2-4-8-15/h2-4,7-8,16-19,23H,5-6,9-14H2,1H3. The Kier molecular flexibility index (Phi) is 7.73. The zero-order chi connectivity index (χ0) is 18.4. The minimum atomic E-state index is -0.200. The summed E-state index contributed by atoms with van der Waals surface area (Å²) in [4.78, 5) is 12.7. The fourth-order valence-electron chi connectivity index (χ4n) is 3.90. The molecule has 2 saturated heterocycles. The van der Waals surface area contributed by atoms with Gasteiger partial charge in [0.25, 0.3) is 0 Å². The molecule has 1 aromatic rings. The zero-order valence-corrected chi connectivity index (χ0v) is 17.0. The molecule has 2 aliphatic rings. The number of rotatable bonds is 10. The number of hydrogen-bond donors (Lipinski definition) is 1. The smallest absolute Gasteiger partial charge is 0.245 e. The van der Waals surface area contributed by atoms with E-state index in [1.54, 1.807) is 0 Å². The normalized spacial score (nSPS) is 27.0. The van der Waals surface area contributed by atoms with Crippen LogP contribution in [0.4, 0.5) is 0 Å². The average Bonchev–Trinajstić information content (AvgIpc) is 3.25. The summed E-state index contributed by atoms with van der Waals surface area (Å²) < 4.78 is 6.22. The van der Waals surface area contributed by atoms with Crippen LogP contribution in [0.15, 0.2) is 35.2 Å². The van der Waals surface area contributed by atoms with Crippen molar-refractivity contribution in [3.63, 3.8) is 0 Å². The quantitative estimate of drug-likeness (QED) is 0.277. The van der Waals surface area contributed by atoms with Gasteiger partial charge in [0.2, 0.25) is 5.91 Å². The third-order valence-electron chi connectivity index (χ3n) is 5.38. The minimum absolute atomic E-state index is 0.200. The molecular weight excluding hydrogens is 366 g/mol. The van der Waals surface area contributed by atoms with E-state index in [1.165, 1.54) is 24.8 Å². The highest BCUT2D eigenvalue weighted by Crippen LogP contribution is 2.46. The van der Waals surface area contributed by atoms with E-state index in [0.717, 1.165) is 30.1 Å². The molecule has 4 unspecified atom stereocenters. The number of carbonyl (C=O) groups is 1. The molecule has 4 atom stereocenters. The average molecular weight is 396 g/mol. The molecule has 0 aromatic heterocycles. The molecule has 2 fully saturated rings. The number of nitrogens with zero attached hydrogens (tertiary/aromatic N) is 1. The van der Waals surface area contributed by atoms with Crippen molar-refractivity contribution >= 4 is 29.4 Å². The molecule has 0 radical (unpaired) electrons. The van der Waals surface area contributed by atoms with Crippen molar-refractivity contribution in [1.29, 1.82) is 0 Å². The number of ether oxygens (including phenoxy) is 1. The van der Waals surface area contributed by atoms with Gasteiger partial charge in [-0.1, -0.05) is 18.2 Å². The molecule has 1 N–H and O–H groups in total. The summed E-state index contributed by atoms with van der Waals surface area (Å²) in [6.45, 7) is 0. The van der Waals surface area contributed by atoms with Gasteiger partial charge in [-0.05, 0) is 49.3 Å². The lowest BCUT2D eigenvalue weighted by molar-refractivity contribution is -0.159. The second-order valence-corrected chi connectivity index (χ2v) is 9.43. The fraction of sp³-hybridized carbons (Fsp3) is 0.650. The Morgan fingerprint density at radius 3 is 2.54 bits per heavy atom. The predicted molar refractivity (Wildman–Crippen MR) is 108 cm³/mol. The van der Waals surface area contributed by atoms with E-state index >= 15 is 0 Å². The first-order valence-corrected chi connectivity index (χ1v) is 11.7. The number of hydrogen-bond acceptors (Lipinski definition) is 5. The maximum absolute atomic E-state index is 11.4. The third-order valence-corrected chi connectivity index (χ3v) is 7.73. The van der Waals surface area contributed by atoms with Gasteiger partial charge in [-0.2, -0.15) is 11.8 Å². The van der Waals surface area contributed by atoms with Crippen molar-refractivity contribution in [1.82, 2.24) is 5.06 Å². The van der Waals surface area contributed by atoms with Gasteiger partial charge in [0.05, 0.1) is 12.2 Å². The molecule has 0 spiro atoms. The van der Waals surface area contributed by atoms with Crippen LogP contribution in [0.3, 0.4) is 0 Å². The highest BCUT2D eigenvalue weighted by molar-refractivity contribution is 7.99. The van der Waals surface area contributed by atoms with E-state index in [-0.39, 0.29) is 5.91 Å². The molecule has 2 heterocycles. The Labute approximate surface area is 165 Å². The number of thioether (sulfide) groups is 2. The Morgan fingerprint density at radius 1 is 1.15 bits per heavy atom. The van der Waals surface area contributed by atoms with Gasteiger partial charge in [0.15, 0.2) is 0 Å². The topological polar surface area (TPSA) is 49.8 Å². The molecule has 2 bridgehead atoms. The van der Waals surface area contributed by atoms with Crippen LogP contribution in [0.2, 0.25) is 0 Å². The van der Waals surface area contributed by atoms with E-state index in [4.69, 9.17) is 9.94 Å². The van der Waals surface area contributed by atoms with Gasteiger partial charge < -0.3 is 4.74 Å². The first-order valence-electron chi connectivity index (χ1n) is 9.51. The van der Waals surface area contributed by atoms with Crippen LogP contribution in [-0.2, 0) is 9.53 Å². The van der Waals surface area contributed by atoms with Crippen molar-refractivity contribution in [3.05, 3.63) is 30.3 Å². The number of hydroxylamine groups is 2. The number of amides is 1. The van der Waals surface area contributed by atoms with Gasteiger partial charge in [-0.15, -0.1) is 11.8 Å². The Bertz CT molecular complexity index is 569. The Hall–Kier alpha value is -0.690. The van der Waals surface area contributed by atoms with Crippen LogP contribution in [0.25, 0.3) is 0 Å². The van der Waals surface area contributed by atoms with Gasteiger partial charge in [0, 0.05) is 36.0 Å². The number of unbranched alkanes of at least 4 members (excludes halogenated alkanes) is 1. The Balaban J connectivity index is 1.38. The summed E-state index contributed by atoms with van der Waals surface area (Å²) >= 11 is 3.96. The van der Waals surface area contributed by atoms with Crippen LogP contribution in [0.5, 0.6) is 0 Å². The van der Waals surface area contributed by atoms with Crippen molar-refractivity contribution < 1.29 is 14.7 Å². The van der Waals surface area contributed by atoms with Crippen LogP contribution in [0.1, 0.15) is 32.1 Å². The van der Waals surface area contributed by atoms with E-state index < -0.39 is 0 Å².